The molecule has 0 saturated heterocycles. The van der Waals surface area contributed by atoms with E-state index < -0.39 is 29.0 Å². The van der Waals surface area contributed by atoms with Crippen molar-refractivity contribution < 1.29 is 23.1 Å². The molecule has 17 heavy (non-hydrogen) atoms. The van der Waals surface area contributed by atoms with Crippen LogP contribution in [0.1, 0.15) is 24.1 Å². The van der Waals surface area contributed by atoms with Gasteiger partial charge in [0.15, 0.2) is 5.69 Å². The molecule has 0 fully saturated rings. The highest BCUT2D eigenvalue weighted by atomic mass is 19.4. The molecule has 0 radical (unpaired) electrons. The zero-order valence-electron chi connectivity index (χ0n) is 8.54. The minimum absolute atomic E-state index is 0.0484. The highest BCUT2D eigenvalue weighted by molar-refractivity contribution is 5.66. The van der Waals surface area contributed by atoms with Crippen molar-refractivity contribution in [1.29, 1.82) is 0 Å². The number of alkyl halides is 3. The van der Waals surface area contributed by atoms with E-state index in [-0.39, 0.29) is 19.3 Å². The summed E-state index contributed by atoms with van der Waals surface area (Å²) < 4.78 is 37.4. The van der Waals surface area contributed by atoms with Crippen molar-refractivity contribution >= 4 is 5.97 Å². The Hall–Kier alpha value is -1.86. The molecule has 0 aliphatic heterocycles. The molecule has 1 aromatic rings. The van der Waals surface area contributed by atoms with Gasteiger partial charge in [-0.15, -0.1) is 0 Å². The van der Waals surface area contributed by atoms with Gasteiger partial charge >= 0.3 is 12.1 Å². The van der Waals surface area contributed by atoms with Crippen LogP contribution in [-0.4, -0.2) is 21.0 Å². The Labute approximate surface area is 93.3 Å². The molecule has 0 aromatic carbocycles. The molecule has 94 valence electrons. The summed E-state index contributed by atoms with van der Waals surface area (Å²) in [6.45, 7) is 0. The smallest absolute Gasteiger partial charge is 0.433 e. The van der Waals surface area contributed by atoms with E-state index in [0.29, 0.717) is 6.33 Å². The molecule has 0 spiro atoms. The Morgan fingerprint density at radius 1 is 1.47 bits per heavy atom. The van der Waals surface area contributed by atoms with E-state index in [9.17, 15) is 22.8 Å². The molecule has 0 aliphatic rings. The van der Waals surface area contributed by atoms with Crippen LogP contribution in [0, 0.1) is 0 Å². The molecule has 1 aromatic heterocycles. The van der Waals surface area contributed by atoms with Crippen LogP contribution in [0.2, 0.25) is 0 Å². The number of aliphatic carboxylic acids is 1. The maximum absolute atomic E-state index is 12.5. The quantitative estimate of drug-likeness (QED) is 0.840. The summed E-state index contributed by atoms with van der Waals surface area (Å²) in [4.78, 5) is 26.6. The Morgan fingerprint density at radius 2 is 2.12 bits per heavy atom. The van der Waals surface area contributed by atoms with Gasteiger partial charge in [-0.1, -0.05) is 0 Å². The summed E-state index contributed by atoms with van der Waals surface area (Å²) in [5.41, 5.74) is -2.68. The molecule has 0 aliphatic carbocycles. The number of aromatic amines is 1. The first-order valence-electron chi connectivity index (χ1n) is 4.68. The molecule has 2 N–H and O–H groups in total. The van der Waals surface area contributed by atoms with E-state index in [4.69, 9.17) is 5.11 Å². The summed E-state index contributed by atoms with van der Waals surface area (Å²) in [5.74, 6) is -1.13. The lowest BCUT2D eigenvalue weighted by Gasteiger charge is -2.09. The minimum atomic E-state index is -4.72. The van der Waals surface area contributed by atoms with Crippen molar-refractivity contribution in [3.63, 3.8) is 0 Å². The van der Waals surface area contributed by atoms with Crippen molar-refractivity contribution in [2.45, 2.75) is 25.4 Å². The van der Waals surface area contributed by atoms with Gasteiger partial charge in [-0.2, -0.15) is 13.2 Å². The fraction of sp³-hybridized carbons (Fsp3) is 0.444. The van der Waals surface area contributed by atoms with E-state index >= 15 is 0 Å². The number of rotatable bonds is 4. The third kappa shape index (κ3) is 3.58. The molecule has 0 bridgehead atoms. The van der Waals surface area contributed by atoms with Crippen LogP contribution >= 0.6 is 0 Å². The minimum Gasteiger partial charge on any atom is -0.481 e. The van der Waals surface area contributed by atoms with Crippen molar-refractivity contribution in [2.24, 2.45) is 0 Å². The zero-order chi connectivity index (χ0) is 13.1. The molecule has 1 rings (SSSR count). The van der Waals surface area contributed by atoms with Gasteiger partial charge in [0, 0.05) is 12.0 Å². The van der Waals surface area contributed by atoms with Gasteiger partial charge in [-0.05, 0) is 12.8 Å². The molecule has 8 heteroatoms. The number of H-pyrrole nitrogens is 1. The maximum Gasteiger partial charge on any atom is 0.433 e. The SMILES string of the molecule is O=C(O)CCCc1c(C(F)(F)F)nc[nH]c1=O. The van der Waals surface area contributed by atoms with Gasteiger partial charge in [0.25, 0.3) is 5.56 Å². The van der Waals surface area contributed by atoms with Crippen LogP contribution < -0.4 is 5.56 Å². The molecule has 0 atom stereocenters. The van der Waals surface area contributed by atoms with Crippen molar-refractivity contribution in [1.82, 2.24) is 9.97 Å². The molecule has 0 amide bonds. The highest BCUT2D eigenvalue weighted by Crippen LogP contribution is 2.29. The first kappa shape index (κ1) is 13.2. The number of hydrogen-bond acceptors (Lipinski definition) is 3. The summed E-state index contributed by atoms with van der Waals surface area (Å²) in [7, 11) is 0. The predicted molar refractivity (Wildman–Crippen MR) is 50.4 cm³/mol. The zero-order valence-corrected chi connectivity index (χ0v) is 8.54. The van der Waals surface area contributed by atoms with Gasteiger partial charge in [0.1, 0.15) is 0 Å². The second-order valence-electron chi connectivity index (χ2n) is 3.30. The van der Waals surface area contributed by atoms with E-state index in [1.807, 2.05) is 4.98 Å². The van der Waals surface area contributed by atoms with E-state index in [1.165, 1.54) is 0 Å². The number of hydrogen-bond donors (Lipinski definition) is 2. The highest BCUT2D eigenvalue weighted by Gasteiger charge is 2.36. The monoisotopic (exact) mass is 250 g/mol. The fourth-order valence-corrected chi connectivity index (χ4v) is 1.32. The Kier molecular flexibility index (Phi) is 3.87. The molecule has 1 heterocycles. The van der Waals surface area contributed by atoms with Crippen LogP contribution in [-0.2, 0) is 17.4 Å². The van der Waals surface area contributed by atoms with Gasteiger partial charge < -0.3 is 10.1 Å². The lowest BCUT2D eigenvalue weighted by atomic mass is 10.1. The number of aromatic nitrogens is 2. The lowest BCUT2D eigenvalue weighted by Crippen LogP contribution is -2.22. The molecular weight excluding hydrogens is 241 g/mol. The van der Waals surface area contributed by atoms with Crippen LogP contribution in [0.3, 0.4) is 0 Å². The molecule has 0 saturated carbocycles. The van der Waals surface area contributed by atoms with Crippen LogP contribution in [0.25, 0.3) is 0 Å². The van der Waals surface area contributed by atoms with Crippen molar-refractivity contribution in [3.05, 3.63) is 27.9 Å². The van der Waals surface area contributed by atoms with E-state index in [1.54, 1.807) is 0 Å². The number of nitrogens with one attached hydrogen (secondary N) is 1. The second-order valence-corrected chi connectivity index (χ2v) is 3.30. The Bertz CT molecular complexity index is 467. The first-order valence-corrected chi connectivity index (χ1v) is 4.68. The largest absolute Gasteiger partial charge is 0.481 e. The fourth-order valence-electron chi connectivity index (χ4n) is 1.32. The third-order valence-corrected chi connectivity index (χ3v) is 2.04. The van der Waals surface area contributed by atoms with Crippen LogP contribution in [0.15, 0.2) is 11.1 Å². The summed E-state index contributed by atoms with van der Waals surface area (Å²) >= 11 is 0. The average Bonchev–Trinajstić information content (AvgIpc) is 2.18. The van der Waals surface area contributed by atoms with Gasteiger partial charge in [-0.25, -0.2) is 4.98 Å². The summed E-state index contributed by atoms with van der Waals surface area (Å²) in [6.07, 6.45) is -4.66. The van der Waals surface area contributed by atoms with Gasteiger partial charge in [0.05, 0.1) is 6.33 Å². The topological polar surface area (TPSA) is 83.0 Å². The van der Waals surface area contributed by atoms with Gasteiger partial charge in [0.2, 0.25) is 0 Å². The van der Waals surface area contributed by atoms with Crippen molar-refractivity contribution in [2.75, 3.05) is 0 Å². The summed E-state index contributed by atoms with van der Waals surface area (Å²) in [6, 6.07) is 0. The lowest BCUT2D eigenvalue weighted by molar-refractivity contribution is -0.142. The second kappa shape index (κ2) is 4.98. The number of carboxylic acids is 1. The normalized spacial score (nSPS) is 11.5. The summed E-state index contributed by atoms with van der Waals surface area (Å²) in [5, 5.41) is 8.37. The van der Waals surface area contributed by atoms with Crippen molar-refractivity contribution in [3.8, 4) is 0 Å². The van der Waals surface area contributed by atoms with E-state index in [0.717, 1.165) is 0 Å². The number of halogens is 3. The average molecular weight is 250 g/mol. The number of carboxylic acid groups (broad SMARTS) is 1. The Balaban J connectivity index is 2.97. The van der Waals surface area contributed by atoms with E-state index in [2.05, 4.69) is 4.98 Å². The van der Waals surface area contributed by atoms with Gasteiger partial charge in [-0.3, -0.25) is 9.59 Å². The van der Waals surface area contributed by atoms with Crippen LogP contribution in [0.4, 0.5) is 13.2 Å². The molecule has 0 unspecified atom stereocenters. The maximum atomic E-state index is 12.5. The predicted octanol–water partition coefficient (Wildman–Crippen LogP) is 1.20. The molecule has 5 nitrogen and oxygen atoms in total. The first-order chi connectivity index (χ1) is 7.82. The Morgan fingerprint density at radius 3 is 2.65 bits per heavy atom. The third-order valence-electron chi connectivity index (χ3n) is 2.04. The van der Waals surface area contributed by atoms with Crippen LogP contribution in [0.5, 0.6) is 0 Å². The molecular formula is C9H9F3N2O3. The number of carbonyl (C=O) groups is 1. The number of nitrogens with zero attached hydrogens (tertiary/aromatic N) is 1. The standard InChI is InChI=1S/C9H9F3N2O3/c10-9(11,12)7-5(2-1-3-6(15)16)8(17)14-4-13-7/h4H,1-3H2,(H,15,16)(H,13,14,17).